The zero-order chi connectivity index (χ0) is 32.3. The molecule has 0 bridgehead atoms. The molecule has 1 heterocycles. The number of nitrogens with one attached hydrogen (secondary N) is 1. The Hall–Kier alpha value is -3.32. The van der Waals surface area contributed by atoms with Crippen LogP contribution in [0.1, 0.15) is 55.9 Å². The Morgan fingerprint density at radius 3 is 2.13 bits per heavy atom. The van der Waals surface area contributed by atoms with Crippen LogP contribution in [0.4, 0.5) is 10.5 Å². The number of nitrogens with zero attached hydrogens (tertiary/aromatic N) is 1. The summed E-state index contributed by atoms with van der Waals surface area (Å²) < 4.78 is 36.1. The fourth-order valence-corrected chi connectivity index (χ4v) is 6.46. The van der Waals surface area contributed by atoms with Gasteiger partial charge in [0.2, 0.25) is 5.75 Å². The van der Waals surface area contributed by atoms with E-state index in [1.54, 1.807) is 40.2 Å². The van der Waals surface area contributed by atoms with Crippen LogP contribution in [0.25, 0.3) is 0 Å². The fraction of sp³-hybridized carbons (Fsp3) is 0.424. The largest absolute Gasteiger partial charge is 0.493 e. The van der Waals surface area contributed by atoms with E-state index >= 15 is 0 Å². The summed E-state index contributed by atoms with van der Waals surface area (Å²) in [6.07, 6.45) is 2.47. The molecule has 0 aromatic heterocycles. The first kappa shape index (κ1) is 34.6. The number of anilines is 1. The van der Waals surface area contributed by atoms with Gasteiger partial charge in [0.1, 0.15) is 0 Å². The third kappa shape index (κ3) is 8.69. The summed E-state index contributed by atoms with van der Waals surface area (Å²) in [5.74, 6) is 3.12. The van der Waals surface area contributed by atoms with Crippen LogP contribution in [0.5, 0.6) is 28.7 Å². The smallest absolute Gasteiger partial charge is 0.345 e. The van der Waals surface area contributed by atoms with E-state index < -0.39 is 6.03 Å². The van der Waals surface area contributed by atoms with Gasteiger partial charge in [0.05, 0.1) is 59.5 Å². The van der Waals surface area contributed by atoms with Crippen molar-refractivity contribution < 1.29 is 38.4 Å². The van der Waals surface area contributed by atoms with Gasteiger partial charge in [-0.2, -0.15) is 0 Å². The van der Waals surface area contributed by atoms with Crippen molar-refractivity contribution in [3.05, 3.63) is 64.1 Å². The van der Waals surface area contributed by atoms with E-state index in [-0.39, 0.29) is 18.8 Å². The second-order valence-electron chi connectivity index (χ2n) is 10.3. The van der Waals surface area contributed by atoms with E-state index in [0.717, 1.165) is 39.8 Å². The number of carbonyl (C=O) groups is 1. The Balaban J connectivity index is 1.58. The zero-order valence-electron chi connectivity index (χ0n) is 26.3. The summed E-state index contributed by atoms with van der Waals surface area (Å²) in [6.45, 7) is 2.55. The zero-order valence-corrected chi connectivity index (χ0v) is 28.7. The number of hydrogen-bond acceptors (Lipinski definition) is 9. The van der Waals surface area contributed by atoms with Crippen molar-refractivity contribution in [2.24, 2.45) is 0 Å². The highest BCUT2D eigenvalue weighted by molar-refractivity contribution is 9.10. The van der Waals surface area contributed by atoms with Crippen molar-refractivity contribution in [2.75, 3.05) is 52.7 Å². The number of methoxy groups -OCH3 is 4. The minimum Gasteiger partial charge on any atom is -0.493 e. The lowest BCUT2D eigenvalue weighted by molar-refractivity contribution is -0.0379. The molecule has 1 saturated heterocycles. The molecule has 12 heteroatoms. The number of amides is 2. The number of carbonyl (C=O) groups excluding carboxylic acids is 1. The van der Waals surface area contributed by atoms with Gasteiger partial charge in [-0.25, -0.2) is 9.86 Å². The molecular weight excluding hydrogens is 664 g/mol. The predicted molar refractivity (Wildman–Crippen MR) is 178 cm³/mol. The van der Waals surface area contributed by atoms with Gasteiger partial charge in [-0.15, -0.1) is 11.8 Å². The molecule has 0 spiro atoms. The lowest BCUT2D eigenvalue weighted by Crippen LogP contribution is -2.33. The Labute approximate surface area is 277 Å². The molecule has 2 unspecified atom stereocenters. The van der Waals surface area contributed by atoms with Gasteiger partial charge >= 0.3 is 6.03 Å². The van der Waals surface area contributed by atoms with Crippen LogP contribution in [0, 0.1) is 0 Å². The Kier molecular flexibility index (Phi) is 12.9. The van der Waals surface area contributed by atoms with E-state index in [1.165, 1.54) is 0 Å². The van der Waals surface area contributed by atoms with Gasteiger partial charge in [0, 0.05) is 15.1 Å². The van der Waals surface area contributed by atoms with Crippen molar-refractivity contribution in [1.82, 2.24) is 5.06 Å². The lowest BCUT2D eigenvalue weighted by Gasteiger charge is -2.22. The van der Waals surface area contributed by atoms with Gasteiger partial charge in [-0.05, 0) is 82.7 Å². The van der Waals surface area contributed by atoms with Gasteiger partial charge in [-0.1, -0.05) is 25.5 Å². The molecule has 0 saturated carbocycles. The first-order valence-electron chi connectivity index (χ1n) is 14.8. The van der Waals surface area contributed by atoms with Crippen LogP contribution in [-0.4, -0.2) is 63.6 Å². The summed E-state index contributed by atoms with van der Waals surface area (Å²) in [7, 11) is 6.29. The Bertz CT molecular complexity index is 1420. The second-order valence-corrected chi connectivity index (χ2v) is 12.3. The molecule has 2 amide bonds. The monoisotopic (exact) mass is 704 g/mol. The Morgan fingerprint density at radius 2 is 1.56 bits per heavy atom. The molecule has 45 heavy (non-hydrogen) atoms. The average Bonchev–Trinajstić information content (AvgIpc) is 3.56. The first-order chi connectivity index (χ1) is 21.8. The van der Waals surface area contributed by atoms with Crippen LogP contribution in [0.15, 0.2) is 57.9 Å². The van der Waals surface area contributed by atoms with E-state index in [2.05, 4.69) is 21.2 Å². The fourth-order valence-electron chi connectivity index (χ4n) is 5.06. The van der Waals surface area contributed by atoms with Gasteiger partial charge in [0.25, 0.3) is 0 Å². The van der Waals surface area contributed by atoms with Gasteiger partial charge < -0.3 is 33.7 Å². The molecule has 3 aromatic carbocycles. The third-order valence-corrected chi connectivity index (χ3v) is 9.36. The topological polar surface area (TPSA) is 108 Å². The molecule has 1 fully saturated rings. The van der Waals surface area contributed by atoms with Crippen LogP contribution in [0.3, 0.4) is 0 Å². The van der Waals surface area contributed by atoms with Crippen LogP contribution in [-0.2, 0) is 4.74 Å². The molecule has 3 aromatic rings. The highest BCUT2D eigenvalue weighted by Gasteiger charge is 2.31. The maximum absolute atomic E-state index is 13.0. The number of hydroxylamine groups is 2. The molecule has 0 aliphatic carbocycles. The third-order valence-electron chi connectivity index (χ3n) is 7.37. The number of urea groups is 1. The van der Waals surface area contributed by atoms with Crippen molar-refractivity contribution >= 4 is 39.4 Å². The second kappa shape index (κ2) is 16.8. The van der Waals surface area contributed by atoms with E-state index in [4.69, 9.17) is 28.4 Å². The molecule has 0 radical (unpaired) electrons. The number of ether oxygens (including phenoxy) is 6. The first-order valence-corrected chi connectivity index (χ1v) is 16.6. The highest BCUT2D eigenvalue weighted by atomic mass is 79.9. The summed E-state index contributed by atoms with van der Waals surface area (Å²) in [4.78, 5) is 14.1. The molecule has 4 rings (SSSR count). The number of rotatable bonds is 15. The van der Waals surface area contributed by atoms with Gasteiger partial charge in [-0.3, -0.25) is 5.21 Å². The number of benzene rings is 3. The Morgan fingerprint density at radius 1 is 0.956 bits per heavy atom. The van der Waals surface area contributed by atoms with Gasteiger partial charge in [0.15, 0.2) is 23.0 Å². The molecular formula is C33H41BrN2O8S. The minimum atomic E-state index is -0.655. The molecule has 1 aliphatic rings. The highest BCUT2D eigenvalue weighted by Crippen LogP contribution is 2.48. The van der Waals surface area contributed by atoms with Crippen molar-refractivity contribution in [2.45, 2.75) is 49.7 Å². The summed E-state index contributed by atoms with van der Waals surface area (Å²) >= 11 is 5.23. The van der Waals surface area contributed by atoms with Crippen LogP contribution in [0.2, 0.25) is 0 Å². The van der Waals surface area contributed by atoms with E-state index in [1.807, 2.05) is 55.5 Å². The van der Waals surface area contributed by atoms with Crippen LogP contribution >= 0.6 is 27.7 Å². The number of hydrogen-bond donors (Lipinski definition) is 2. The maximum Gasteiger partial charge on any atom is 0.345 e. The van der Waals surface area contributed by atoms with E-state index in [0.29, 0.717) is 58.3 Å². The molecule has 10 nitrogen and oxygen atoms in total. The SMILES string of the molecule is CCCCN(O)C(=O)Nc1cc(C2CCC(c3cc(OC)c(OC)c(OC)c3)O2)cc(OC)c1OCCSc1ccccc1Br. The summed E-state index contributed by atoms with van der Waals surface area (Å²) in [6, 6.07) is 14.8. The summed E-state index contributed by atoms with van der Waals surface area (Å²) in [5, 5.41) is 13.9. The van der Waals surface area contributed by atoms with Crippen LogP contribution < -0.4 is 29.0 Å². The molecule has 244 valence electrons. The average molecular weight is 706 g/mol. The molecule has 2 N–H and O–H groups in total. The standard InChI is InChI=1S/C33H41BrN2O8S/c1-6-7-14-36(38)33(37)35-24-17-21(18-27(39-2)31(24)43-15-16-45-30-11-9-8-10-23(30)34)25-12-13-26(44-25)22-19-28(40-3)32(42-5)29(20-22)41-4/h8-11,17-20,25-26,38H,6-7,12-16H2,1-5H3,(H,35,37). The maximum atomic E-state index is 13.0. The molecule has 2 atom stereocenters. The van der Waals surface area contributed by atoms with Crippen molar-refractivity contribution in [3.8, 4) is 28.7 Å². The number of unbranched alkanes of at least 4 members (excludes halogenated alkanes) is 1. The van der Waals surface area contributed by atoms with Crippen molar-refractivity contribution in [1.29, 1.82) is 0 Å². The number of thioether (sulfide) groups is 1. The van der Waals surface area contributed by atoms with Crippen molar-refractivity contribution in [3.63, 3.8) is 0 Å². The molecule has 1 aliphatic heterocycles. The predicted octanol–water partition coefficient (Wildman–Crippen LogP) is 8.27. The quantitative estimate of drug-likeness (QED) is 0.0699. The summed E-state index contributed by atoms with van der Waals surface area (Å²) in [5.41, 5.74) is 2.10. The van der Waals surface area contributed by atoms with E-state index in [9.17, 15) is 10.0 Å². The minimum absolute atomic E-state index is 0.208. The normalized spacial score (nSPS) is 15.8. The number of halogens is 1. The lowest BCUT2D eigenvalue weighted by atomic mass is 10.0.